The summed E-state index contributed by atoms with van der Waals surface area (Å²) in [6.45, 7) is 8.76. The largest absolute Gasteiger partial charge is 0.354 e. The van der Waals surface area contributed by atoms with Crippen molar-refractivity contribution < 1.29 is 9.32 Å². The van der Waals surface area contributed by atoms with Gasteiger partial charge < -0.3 is 15.2 Å². The van der Waals surface area contributed by atoms with Crippen molar-refractivity contribution in [2.45, 2.75) is 58.5 Å². The number of nitrogens with one attached hydrogen (secondary N) is 2. The lowest BCUT2D eigenvalue weighted by atomic mass is 9.98. The lowest BCUT2D eigenvalue weighted by Crippen LogP contribution is -2.45. The number of amides is 1. The normalized spacial score (nSPS) is 23.8. The average Bonchev–Trinajstić information content (AvgIpc) is 3.25. The zero-order chi connectivity index (χ0) is 17.6. The van der Waals surface area contributed by atoms with Gasteiger partial charge in [0.2, 0.25) is 11.8 Å². The molecule has 1 aromatic rings. The van der Waals surface area contributed by atoms with Gasteiger partial charge in [-0.3, -0.25) is 9.69 Å². The summed E-state index contributed by atoms with van der Waals surface area (Å²) >= 11 is 0. The van der Waals surface area contributed by atoms with Gasteiger partial charge in [-0.25, -0.2) is 0 Å². The van der Waals surface area contributed by atoms with Crippen LogP contribution in [-0.2, 0) is 17.8 Å². The van der Waals surface area contributed by atoms with Gasteiger partial charge in [-0.1, -0.05) is 19.0 Å². The minimum Gasteiger partial charge on any atom is -0.354 e. The number of aromatic nitrogens is 2. The Morgan fingerprint density at radius 1 is 1.38 bits per heavy atom. The lowest BCUT2D eigenvalue weighted by molar-refractivity contribution is -0.123. The third kappa shape index (κ3) is 6.21. The van der Waals surface area contributed by atoms with E-state index in [0.29, 0.717) is 24.3 Å². The highest BCUT2D eigenvalue weighted by Gasteiger charge is 2.25. The summed E-state index contributed by atoms with van der Waals surface area (Å²) in [6.07, 6.45) is 5.22. The van der Waals surface area contributed by atoms with Gasteiger partial charge in [0.15, 0.2) is 5.82 Å². The fourth-order valence-corrected chi connectivity index (χ4v) is 3.73. The van der Waals surface area contributed by atoms with E-state index in [1.807, 2.05) is 0 Å². The van der Waals surface area contributed by atoms with E-state index in [1.165, 1.54) is 0 Å². The third-order valence-corrected chi connectivity index (χ3v) is 5.00. The molecule has 7 nitrogen and oxygen atoms in total. The van der Waals surface area contributed by atoms with Gasteiger partial charge in [0.25, 0.3) is 0 Å². The zero-order valence-corrected chi connectivity index (χ0v) is 16.7. The SMILES string of the molecule is CC(C)Cc1noc(CN2CCCC(CNC(=O)C3CCCN3)C2)n1.Cl. The molecule has 0 bridgehead atoms. The lowest BCUT2D eigenvalue weighted by Gasteiger charge is -2.32. The topological polar surface area (TPSA) is 83.3 Å². The maximum atomic E-state index is 12.1. The van der Waals surface area contributed by atoms with Crippen LogP contribution in [0, 0.1) is 11.8 Å². The maximum Gasteiger partial charge on any atom is 0.240 e. The Hall–Kier alpha value is -1.18. The molecule has 2 fully saturated rings. The molecular formula is C18H32ClN5O2. The van der Waals surface area contributed by atoms with Crippen molar-refractivity contribution in [3.8, 4) is 0 Å². The molecule has 0 radical (unpaired) electrons. The Bertz CT molecular complexity index is 560. The number of rotatable bonds is 7. The Labute approximate surface area is 162 Å². The van der Waals surface area contributed by atoms with Crippen LogP contribution < -0.4 is 10.6 Å². The first kappa shape index (κ1) is 21.1. The third-order valence-electron chi connectivity index (χ3n) is 5.00. The van der Waals surface area contributed by atoms with E-state index in [2.05, 4.69) is 39.5 Å². The molecular weight excluding hydrogens is 354 g/mol. The van der Waals surface area contributed by atoms with Crippen molar-refractivity contribution in [3.63, 3.8) is 0 Å². The molecule has 3 rings (SSSR count). The van der Waals surface area contributed by atoms with Crippen LogP contribution in [-0.4, -0.2) is 53.2 Å². The van der Waals surface area contributed by atoms with Crippen molar-refractivity contribution in [3.05, 3.63) is 11.7 Å². The van der Waals surface area contributed by atoms with Crippen LogP contribution in [0.25, 0.3) is 0 Å². The summed E-state index contributed by atoms with van der Waals surface area (Å²) in [6, 6.07) is 0.0115. The molecule has 0 saturated carbocycles. The molecule has 2 N–H and O–H groups in total. The summed E-state index contributed by atoms with van der Waals surface area (Å²) in [5.74, 6) is 2.69. The van der Waals surface area contributed by atoms with Gasteiger partial charge in [0.1, 0.15) is 0 Å². The number of hydrogen-bond acceptors (Lipinski definition) is 6. The number of likely N-dealkylation sites (tertiary alicyclic amines) is 1. The molecule has 2 unspecified atom stereocenters. The fourth-order valence-electron chi connectivity index (χ4n) is 3.73. The molecule has 1 amide bonds. The van der Waals surface area contributed by atoms with Crippen molar-refractivity contribution in [1.29, 1.82) is 0 Å². The Morgan fingerprint density at radius 3 is 2.96 bits per heavy atom. The van der Waals surface area contributed by atoms with Crippen LogP contribution in [0.5, 0.6) is 0 Å². The first-order valence-corrected chi connectivity index (χ1v) is 9.65. The molecule has 3 heterocycles. The van der Waals surface area contributed by atoms with E-state index in [1.54, 1.807) is 0 Å². The molecule has 0 aliphatic carbocycles. The van der Waals surface area contributed by atoms with E-state index in [4.69, 9.17) is 4.52 Å². The van der Waals surface area contributed by atoms with Gasteiger partial charge >= 0.3 is 0 Å². The van der Waals surface area contributed by atoms with Crippen LogP contribution in [0.2, 0.25) is 0 Å². The minimum atomic E-state index is 0. The number of carbonyl (C=O) groups is 1. The van der Waals surface area contributed by atoms with Crippen molar-refractivity contribution >= 4 is 18.3 Å². The molecule has 148 valence electrons. The molecule has 1 aromatic heterocycles. The molecule has 2 atom stereocenters. The van der Waals surface area contributed by atoms with Crippen molar-refractivity contribution in [1.82, 2.24) is 25.7 Å². The van der Waals surface area contributed by atoms with Gasteiger partial charge in [0.05, 0.1) is 12.6 Å². The molecule has 8 heteroatoms. The van der Waals surface area contributed by atoms with Crippen LogP contribution in [0.4, 0.5) is 0 Å². The highest BCUT2D eigenvalue weighted by Crippen LogP contribution is 2.18. The first-order valence-electron chi connectivity index (χ1n) is 9.65. The highest BCUT2D eigenvalue weighted by atomic mass is 35.5. The van der Waals surface area contributed by atoms with Gasteiger partial charge in [0, 0.05) is 19.5 Å². The van der Waals surface area contributed by atoms with Gasteiger partial charge in [-0.15, -0.1) is 12.4 Å². The van der Waals surface area contributed by atoms with Crippen molar-refractivity contribution in [2.75, 3.05) is 26.2 Å². The second-order valence-electron chi connectivity index (χ2n) is 7.84. The first-order chi connectivity index (χ1) is 12.1. The summed E-state index contributed by atoms with van der Waals surface area (Å²) in [5.41, 5.74) is 0. The quantitative estimate of drug-likeness (QED) is 0.744. The minimum absolute atomic E-state index is 0. The van der Waals surface area contributed by atoms with E-state index in [0.717, 1.165) is 64.1 Å². The standard InChI is InChI=1S/C18H31N5O2.ClH/c1-13(2)9-16-21-17(25-22-16)12-23-8-4-5-14(11-23)10-20-18(24)15-6-3-7-19-15;/h13-15,19H,3-12H2,1-2H3,(H,20,24);1H. The van der Waals surface area contributed by atoms with Crippen molar-refractivity contribution in [2.24, 2.45) is 11.8 Å². The highest BCUT2D eigenvalue weighted by molar-refractivity contribution is 5.85. The van der Waals surface area contributed by atoms with Gasteiger partial charge in [-0.05, 0) is 50.6 Å². The molecule has 2 aliphatic heterocycles. The molecule has 26 heavy (non-hydrogen) atoms. The van der Waals surface area contributed by atoms with Crippen LogP contribution >= 0.6 is 12.4 Å². The fraction of sp³-hybridized carbons (Fsp3) is 0.833. The monoisotopic (exact) mass is 385 g/mol. The predicted molar refractivity (Wildman–Crippen MR) is 102 cm³/mol. The predicted octanol–water partition coefficient (Wildman–Crippen LogP) is 1.77. The summed E-state index contributed by atoms with van der Waals surface area (Å²) in [5, 5.41) is 10.4. The smallest absolute Gasteiger partial charge is 0.240 e. The van der Waals surface area contributed by atoms with E-state index in [9.17, 15) is 4.79 Å². The van der Waals surface area contributed by atoms with Crippen LogP contribution in [0.3, 0.4) is 0 Å². The van der Waals surface area contributed by atoms with Gasteiger partial charge in [-0.2, -0.15) is 4.98 Å². The maximum absolute atomic E-state index is 12.1. The zero-order valence-electron chi connectivity index (χ0n) is 15.9. The van der Waals surface area contributed by atoms with E-state index < -0.39 is 0 Å². The Kier molecular flexibility index (Phi) is 8.31. The number of nitrogens with zero attached hydrogens (tertiary/aromatic N) is 3. The number of hydrogen-bond donors (Lipinski definition) is 2. The molecule has 0 spiro atoms. The summed E-state index contributed by atoms with van der Waals surface area (Å²) < 4.78 is 5.39. The Balaban J connectivity index is 0.00000243. The summed E-state index contributed by atoms with van der Waals surface area (Å²) in [4.78, 5) is 19.0. The summed E-state index contributed by atoms with van der Waals surface area (Å²) in [7, 11) is 0. The number of piperidine rings is 1. The second-order valence-corrected chi connectivity index (χ2v) is 7.84. The molecule has 2 aliphatic rings. The van der Waals surface area contributed by atoms with E-state index >= 15 is 0 Å². The average molecular weight is 386 g/mol. The number of carbonyl (C=O) groups excluding carboxylic acids is 1. The second kappa shape index (κ2) is 10.2. The number of halogens is 1. The van der Waals surface area contributed by atoms with Crippen LogP contribution in [0.1, 0.15) is 51.2 Å². The Morgan fingerprint density at radius 2 is 2.23 bits per heavy atom. The van der Waals surface area contributed by atoms with Crippen LogP contribution in [0.15, 0.2) is 4.52 Å². The molecule has 2 saturated heterocycles. The molecule has 0 aromatic carbocycles. The van der Waals surface area contributed by atoms with E-state index in [-0.39, 0.29) is 24.4 Å².